The van der Waals surface area contributed by atoms with Gasteiger partial charge >= 0.3 is 0 Å². The highest BCUT2D eigenvalue weighted by Gasteiger charge is 2.03. The van der Waals surface area contributed by atoms with E-state index in [0.29, 0.717) is 12.5 Å². The first-order chi connectivity index (χ1) is 6.02. The molecule has 3 nitrogen and oxygen atoms in total. The van der Waals surface area contributed by atoms with E-state index in [1.807, 2.05) is 0 Å². The minimum absolute atomic E-state index is 0.0156. The maximum Gasteiger partial charge on any atom is 0.227 e. The fraction of sp³-hybridized carbons (Fsp3) is 0.800. The third-order valence-electron chi connectivity index (χ3n) is 1.69. The zero-order valence-corrected chi connectivity index (χ0v) is 8.72. The van der Waals surface area contributed by atoms with Gasteiger partial charge in [-0.2, -0.15) is 0 Å². The number of carbonyl (C=O) groups excluding carboxylic acids is 2. The highest BCUT2D eigenvalue weighted by atomic mass is 16.2. The van der Waals surface area contributed by atoms with Crippen molar-refractivity contribution in [1.82, 2.24) is 5.32 Å². The largest absolute Gasteiger partial charge is 0.356 e. The molecule has 1 N–H and O–H groups in total. The van der Waals surface area contributed by atoms with Crippen LogP contribution in [0.1, 0.15) is 40.0 Å². The predicted octanol–water partition coefficient (Wildman–Crippen LogP) is 1.52. The Morgan fingerprint density at radius 2 is 1.92 bits per heavy atom. The van der Waals surface area contributed by atoms with E-state index < -0.39 is 0 Å². The zero-order valence-electron chi connectivity index (χ0n) is 8.72. The number of hydrogen-bond donors (Lipinski definition) is 1. The Hall–Kier alpha value is -0.860. The van der Waals surface area contributed by atoms with Gasteiger partial charge in [-0.3, -0.25) is 9.59 Å². The Kier molecular flexibility index (Phi) is 6.20. The molecule has 0 atom stereocenters. The second kappa shape index (κ2) is 6.63. The average molecular weight is 185 g/mol. The summed E-state index contributed by atoms with van der Waals surface area (Å²) in [7, 11) is 0. The molecule has 0 aromatic heterocycles. The fourth-order valence-electron chi connectivity index (χ4n) is 1.03. The third-order valence-corrected chi connectivity index (χ3v) is 1.69. The topological polar surface area (TPSA) is 46.2 Å². The Morgan fingerprint density at radius 3 is 2.38 bits per heavy atom. The highest BCUT2D eigenvalue weighted by molar-refractivity contribution is 5.96. The minimum atomic E-state index is -0.156. The minimum Gasteiger partial charge on any atom is -0.356 e. The second-order valence-electron chi connectivity index (χ2n) is 3.76. The molecule has 76 valence electrons. The lowest BCUT2D eigenvalue weighted by molar-refractivity contribution is -0.127. The predicted molar refractivity (Wildman–Crippen MR) is 52.4 cm³/mol. The van der Waals surface area contributed by atoms with Gasteiger partial charge in [0, 0.05) is 6.54 Å². The third kappa shape index (κ3) is 9.05. The lowest BCUT2D eigenvalue weighted by Crippen LogP contribution is -2.26. The first-order valence-electron chi connectivity index (χ1n) is 4.78. The first kappa shape index (κ1) is 12.1. The Balaban J connectivity index is 3.32. The lowest BCUT2D eigenvalue weighted by Gasteiger charge is -2.05. The molecule has 0 aliphatic carbocycles. The van der Waals surface area contributed by atoms with Crippen LogP contribution in [0.2, 0.25) is 0 Å². The molecule has 13 heavy (non-hydrogen) atoms. The van der Waals surface area contributed by atoms with Gasteiger partial charge in [0.1, 0.15) is 5.78 Å². The molecule has 0 saturated heterocycles. The molecule has 0 heterocycles. The molecular weight excluding hydrogens is 166 g/mol. The van der Waals surface area contributed by atoms with Gasteiger partial charge in [-0.15, -0.1) is 0 Å². The number of carbonyl (C=O) groups is 2. The summed E-state index contributed by atoms with van der Waals surface area (Å²) in [4.78, 5) is 21.5. The van der Waals surface area contributed by atoms with Crippen molar-refractivity contribution in [1.29, 1.82) is 0 Å². The molecule has 0 aromatic rings. The second-order valence-corrected chi connectivity index (χ2v) is 3.76. The van der Waals surface area contributed by atoms with Gasteiger partial charge in [-0.1, -0.05) is 13.8 Å². The van der Waals surface area contributed by atoms with Gasteiger partial charge in [0.2, 0.25) is 5.91 Å². The molecule has 0 rings (SSSR count). The smallest absolute Gasteiger partial charge is 0.227 e. The van der Waals surface area contributed by atoms with Crippen molar-refractivity contribution in [3.63, 3.8) is 0 Å². The van der Waals surface area contributed by atoms with E-state index in [9.17, 15) is 9.59 Å². The van der Waals surface area contributed by atoms with Crippen molar-refractivity contribution in [2.45, 2.75) is 40.0 Å². The van der Waals surface area contributed by atoms with Gasteiger partial charge in [-0.05, 0) is 25.7 Å². The van der Waals surface area contributed by atoms with Gasteiger partial charge < -0.3 is 5.32 Å². The Morgan fingerprint density at radius 1 is 1.31 bits per heavy atom. The van der Waals surface area contributed by atoms with Gasteiger partial charge in [-0.25, -0.2) is 0 Å². The lowest BCUT2D eigenvalue weighted by atomic mass is 10.1. The van der Waals surface area contributed by atoms with Crippen LogP contribution in [0.25, 0.3) is 0 Å². The Bertz CT molecular complexity index is 176. The van der Waals surface area contributed by atoms with Crippen LogP contribution >= 0.6 is 0 Å². The van der Waals surface area contributed by atoms with Gasteiger partial charge in [0.15, 0.2) is 0 Å². The van der Waals surface area contributed by atoms with Gasteiger partial charge in [0.05, 0.1) is 6.42 Å². The average Bonchev–Trinajstić information content (AvgIpc) is 1.96. The van der Waals surface area contributed by atoms with Crippen molar-refractivity contribution in [3.8, 4) is 0 Å². The van der Waals surface area contributed by atoms with E-state index in [0.717, 1.165) is 12.8 Å². The van der Waals surface area contributed by atoms with Crippen LogP contribution < -0.4 is 5.32 Å². The van der Waals surface area contributed by atoms with Crippen molar-refractivity contribution < 1.29 is 9.59 Å². The summed E-state index contributed by atoms with van der Waals surface area (Å²) in [6.07, 6.45) is 2.11. The summed E-state index contributed by atoms with van der Waals surface area (Å²) < 4.78 is 0. The maximum absolute atomic E-state index is 11.0. The van der Waals surface area contributed by atoms with E-state index in [4.69, 9.17) is 0 Å². The molecule has 0 aliphatic rings. The summed E-state index contributed by atoms with van der Waals surface area (Å²) in [6, 6.07) is 0. The van der Waals surface area contributed by atoms with E-state index in [1.54, 1.807) is 0 Å². The highest BCUT2D eigenvalue weighted by Crippen LogP contribution is 2.01. The number of ketones is 1. The van der Waals surface area contributed by atoms with Crippen molar-refractivity contribution in [3.05, 3.63) is 0 Å². The monoisotopic (exact) mass is 185 g/mol. The molecule has 0 radical (unpaired) electrons. The molecule has 0 aliphatic heterocycles. The van der Waals surface area contributed by atoms with Crippen LogP contribution in [0, 0.1) is 5.92 Å². The standard InChI is InChI=1S/C10H19NO2/c1-8(2)5-4-6-11-10(13)7-9(3)12/h8H,4-7H2,1-3H3,(H,11,13). The summed E-state index contributed by atoms with van der Waals surface area (Å²) in [5.41, 5.74) is 0. The van der Waals surface area contributed by atoms with Crippen LogP contribution in [0.4, 0.5) is 0 Å². The molecule has 0 fully saturated rings. The first-order valence-corrected chi connectivity index (χ1v) is 4.78. The van der Waals surface area contributed by atoms with E-state index in [2.05, 4.69) is 19.2 Å². The number of amides is 1. The van der Waals surface area contributed by atoms with Crippen LogP contribution in [-0.2, 0) is 9.59 Å². The van der Waals surface area contributed by atoms with Crippen molar-refractivity contribution in [2.24, 2.45) is 5.92 Å². The molecule has 3 heteroatoms. The van der Waals surface area contributed by atoms with Crippen LogP contribution in [0.5, 0.6) is 0 Å². The SMILES string of the molecule is CC(=O)CC(=O)NCCCC(C)C. The van der Waals surface area contributed by atoms with Crippen LogP contribution in [0.15, 0.2) is 0 Å². The molecule has 1 amide bonds. The maximum atomic E-state index is 11.0. The van der Waals surface area contributed by atoms with E-state index in [1.165, 1.54) is 6.92 Å². The molecule has 0 spiro atoms. The number of Topliss-reactive ketones (excluding diaryl/α,β-unsaturated/α-hetero) is 1. The molecule has 0 saturated carbocycles. The molecule has 0 bridgehead atoms. The fourth-order valence-corrected chi connectivity index (χ4v) is 1.03. The van der Waals surface area contributed by atoms with E-state index in [-0.39, 0.29) is 18.1 Å². The summed E-state index contributed by atoms with van der Waals surface area (Å²) in [5, 5.41) is 2.71. The van der Waals surface area contributed by atoms with Crippen LogP contribution in [0.3, 0.4) is 0 Å². The number of rotatable bonds is 6. The Labute approximate surface area is 79.9 Å². The zero-order chi connectivity index (χ0) is 10.3. The molecule has 0 unspecified atom stereocenters. The molecule has 0 aromatic carbocycles. The summed E-state index contributed by atoms with van der Waals surface area (Å²) in [5.74, 6) is 0.433. The van der Waals surface area contributed by atoms with Crippen molar-refractivity contribution in [2.75, 3.05) is 6.54 Å². The molecular formula is C10H19NO2. The normalized spacial score (nSPS) is 10.2. The summed E-state index contributed by atoms with van der Waals surface area (Å²) >= 11 is 0. The van der Waals surface area contributed by atoms with Crippen molar-refractivity contribution >= 4 is 11.7 Å². The van der Waals surface area contributed by atoms with Crippen LogP contribution in [-0.4, -0.2) is 18.2 Å². The quantitative estimate of drug-likeness (QED) is 0.503. The number of nitrogens with one attached hydrogen (secondary N) is 1. The summed E-state index contributed by atoms with van der Waals surface area (Å²) in [6.45, 7) is 6.41. The van der Waals surface area contributed by atoms with E-state index >= 15 is 0 Å². The van der Waals surface area contributed by atoms with Gasteiger partial charge in [0.25, 0.3) is 0 Å². The number of hydrogen-bond acceptors (Lipinski definition) is 2.